The molecule has 1 unspecified atom stereocenters. The maximum absolute atomic E-state index is 11.7. The quantitative estimate of drug-likeness (QED) is 0.893. The number of benzene rings is 2. The summed E-state index contributed by atoms with van der Waals surface area (Å²) in [6.07, 6.45) is 5.11. The van der Waals surface area contributed by atoms with Crippen LogP contribution in [0.2, 0.25) is 5.02 Å². The number of halogens is 1. The smallest absolute Gasteiger partial charge is 0.311 e. The molecule has 0 spiro atoms. The van der Waals surface area contributed by atoms with Gasteiger partial charge in [-0.2, -0.15) is 0 Å². The lowest BCUT2D eigenvalue weighted by Gasteiger charge is -2.19. The first kappa shape index (κ1) is 15.1. The van der Waals surface area contributed by atoms with Crippen LogP contribution >= 0.6 is 11.6 Å². The van der Waals surface area contributed by atoms with Crippen LogP contribution in [0.1, 0.15) is 41.0 Å². The Morgan fingerprint density at radius 1 is 1.05 bits per heavy atom. The normalized spacial score (nSPS) is 15.1. The summed E-state index contributed by atoms with van der Waals surface area (Å²) in [4.78, 5) is 11.7. The number of carboxylic acids is 1. The Kier molecular flexibility index (Phi) is 4.49. The molecule has 1 atom stereocenters. The third-order valence-corrected chi connectivity index (χ3v) is 4.68. The third kappa shape index (κ3) is 3.33. The van der Waals surface area contributed by atoms with Crippen LogP contribution in [0.3, 0.4) is 0 Å². The molecule has 0 saturated carbocycles. The summed E-state index contributed by atoms with van der Waals surface area (Å²) in [5.41, 5.74) is 4.61. The summed E-state index contributed by atoms with van der Waals surface area (Å²) >= 11 is 5.89. The molecule has 0 fully saturated rings. The first-order valence-corrected chi connectivity index (χ1v) is 8.10. The second-order valence-electron chi connectivity index (χ2n) is 5.96. The van der Waals surface area contributed by atoms with Crippen LogP contribution in [0.15, 0.2) is 42.5 Å². The van der Waals surface area contributed by atoms with Crippen molar-refractivity contribution >= 4 is 17.6 Å². The molecule has 22 heavy (non-hydrogen) atoms. The SMILES string of the molecule is O=C(O)C(Cc1ccc(Cl)cc1)c1ccc2c(c1)CCCC2. The zero-order valence-corrected chi connectivity index (χ0v) is 13.1. The molecule has 3 heteroatoms. The van der Waals surface area contributed by atoms with Gasteiger partial charge in [0.15, 0.2) is 0 Å². The summed E-state index contributed by atoms with van der Waals surface area (Å²) < 4.78 is 0. The first-order chi connectivity index (χ1) is 10.6. The monoisotopic (exact) mass is 314 g/mol. The fourth-order valence-corrected chi connectivity index (χ4v) is 3.30. The van der Waals surface area contributed by atoms with Crippen LogP contribution in [0.5, 0.6) is 0 Å². The van der Waals surface area contributed by atoms with Crippen molar-refractivity contribution in [2.45, 2.75) is 38.0 Å². The van der Waals surface area contributed by atoms with E-state index >= 15 is 0 Å². The van der Waals surface area contributed by atoms with E-state index in [1.165, 1.54) is 24.0 Å². The predicted octanol–water partition coefficient (Wildman–Crippen LogP) is 4.63. The van der Waals surface area contributed by atoms with Crippen LogP contribution in [0, 0.1) is 0 Å². The predicted molar refractivity (Wildman–Crippen MR) is 88.6 cm³/mol. The van der Waals surface area contributed by atoms with Gasteiger partial charge in [0.2, 0.25) is 0 Å². The van der Waals surface area contributed by atoms with Gasteiger partial charge in [-0.25, -0.2) is 0 Å². The summed E-state index contributed by atoms with van der Waals surface area (Å²) in [5.74, 6) is -1.28. The Bertz CT molecular complexity index is 676. The highest BCUT2D eigenvalue weighted by atomic mass is 35.5. The minimum absolute atomic E-state index is 0.491. The van der Waals surface area contributed by atoms with E-state index in [9.17, 15) is 9.90 Å². The average Bonchev–Trinajstić information content (AvgIpc) is 2.53. The molecule has 2 aromatic carbocycles. The number of aliphatic carboxylic acids is 1. The molecule has 0 saturated heterocycles. The van der Waals surface area contributed by atoms with Crippen LogP contribution in [-0.2, 0) is 24.1 Å². The Morgan fingerprint density at radius 3 is 2.41 bits per heavy atom. The molecule has 0 aromatic heterocycles. The minimum atomic E-state index is -0.772. The molecule has 1 aliphatic carbocycles. The molecule has 2 nitrogen and oxygen atoms in total. The number of hydrogen-bond donors (Lipinski definition) is 1. The van der Waals surface area contributed by atoms with E-state index in [1.54, 1.807) is 0 Å². The topological polar surface area (TPSA) is 37.3 Å². The molecule has 0 aliphatic heterocycles. The van der Waals surface area contributed by atoms with Gasteiger partial charge in [0, 0.05) is 5.02 Å². The van der Waals surface area contributed by atoms with E-state index in [1.807, 2.05) is 30.3 Å². The van der Waals surface area contributed by atoms with Gasteiger partial charge in [0.1, 0.15) is 0 Å². The van der Waals surface area contributed by atoms with E-state index in [4.69, 9.17) is 11.6 Å². The van der Waals surface area contributed by atoms with E-state index in [2.05, 4.69) is 12.1 Å². The van der Waals surface area contributed by atoms with Crippen molar-refractivity contribution in [1.82, 2.24) is 0 Å². The standard InChI is InChI=1S/C19H19ClO2/c20-17-9-5-13(6-10-17)11-18(19(21)22)16-8-7-14-3-1-2-4-15(14)12-16/h5-10,12,18H,1-4,11H2,(H,21,22). The molecule has 0 bridgehead atoms. The number of carbonyl (C=O) groups is 1. The molecule has 0 radical (unpaired) electrons. The van der Waals surface area contributed by atoms with Crippen LogP contribution in [0.25, 0.3) is 0 Å². The van der Waals surface area contributed by atoms with Gasteiger partial charge >= 0.3 is 5.97 Å². The summed E-state index contributed by atoms with van der Waals surface area (Å²) in [5, 5.41) is 10.3. The third-order valence-electron chi connectivity index (χ3n) is 4.43. The highest BCUT2D eigenvalue weighted by molar-refractivity contribution is 6.30. The highest BCUT2D eigenvalue weighted by Crippen LogP contribution is 2.28. The van der Waals surface area contributed by atoms with Gasteiger partial charge in [-0.1, -0.05) is 41.9 Å². The molecule has 114 valence electrons. The number of fused-ring (bicyclic) bond motifs is 1. The molecule has 0 amide bonds. The maximum Gasteiger partial charge on any atom is 0.311 e. The molecule has 1 N–H and O–H groups in total. The fraction of sp³-hybridized carbons (Fsp3) is 0.316. The van der Waals surface area contributed by atoms with Crippen molar-refractivity contribution in [2.75, 3.05) is 0 Å². The van der Waals surface area contributed by atoms with Crippen molar-refractivity contribution in [2.24, 2.45) is 0 Å². The number of hydrogen-bond acceptors (Lipinski definition) is 1. The number of carboxylic acid groups (broad SMARTS) is 1. The first-order valence-electron chi connectivity index (χ1n) is 7.72. The van der Waals surface area contributed by atoms with Crippen molar-refractivity contribution in [1.29, 1.82) is 0 Å². The second kappa shape index (κ2) is 6.53. The summed E-state index contributed by atoms with van der Waals surface area (Å²) in [6.45, 7) is 0. The van der Waals surface area contributed by atoms with Crippen LogP contribution < -0.4 is 0 Å². The number of rotatable bonds is 4. The lowest BCUT2D eigenvalue weighted by molar-refractivity contribution is -0.138. The Labute approximate surface area is 135 Å². The molecule has 3 rings (SSSR count). The van der Waals surface area contributed by atoms with Gasteiger partial charge in [0.05, 0.1) is 5.92 Å². The van der Waals surface area contributed by atoms with E-state index in [-0.39, 0.29) is 0 Å². The van der Waals surface area contributed by atoms with Gasteiger partial charge in [-0.05, 0) is 66.5 Å². The highest BCUT2D eigenvalue weighted by Gasteiger charge is 2.22. The van der Waals surface area contributed by atoms with Crippen molar-refractivity contribution in [3.63, 3.8) is 0 Å². The maximum atomic E-state index is 11.7. The lowest BCUT2D eigenvalue weighted by Crippen LogP contribution is -2.15. The Hall–Kier alpha value is -1.80. The van der Waals surface area contributed by atoms with Gasteiger partial charge < -0.3 is 5.11 Å². The molecule has 1 aliphatic rings. The van der Waals surface area contributed by atoms with Crippen LogP contribution in [0.4, 0.5) is 0 Å². The largest absolute Gasteiger partial charge is 0.481 e. The van der Waals surface area contributed by atoms with E-state index < -0.39 is 11.9 Å². The van der Waals surface area contributed by atoms with E-state index in [0.717, 1.165) is 24.0 Å². The van der Waals surface area contributed by atoms with Gasteiger partial charge in [0.25, 0.3) is 0 Å². The summed E-state index contributed by atoms with van der Waals surface area (Å²) in [6, 6.07) is 13.6. The minimum Gasteiger partial charge on any atom is -0.481 e. The molecular weight excluding hydrogens is 296 g/mol. The molecule has 0 heterocycles. The fourth-order valence-electron chi connectivity index (χ4n) is 3.17. The zero-order chi connectivity index (χ0) is 15.5. The summed E-state index contributed by atoms with van der Waals surface area (Å²) in [7, 11) is 0. The van der Waals surface area contributed by atoms with Crippen molar-refractivity contribution in [3.8, 4) is 0 Å². The molecule has 2 aromatic rings. The zero-order valence-electron chi connectivity index (χ0n) is 12.4. The van der Waals surface area contributed by atoms with Crippen LogP contribution in [-0.4, -0.2) is 11.1 Å². The molecular formula is C19H19ClO2. The lowest BCUT2D eigenvalue weighted by atomic mass is 9.85. The average molecular weight is 315 g/mol. The van der Waals surface area contributed by atoms with Crippen molar-refractivity contribution in [3.05, 3.63) is 69.7 Å². The van der Waals surface area contributed by atoms with E-state index in [0.29, 0.717) is 11.4 Å². The van der Waals surface area contributed by atoms with Crippen molar-refractivity contribution < 1.29 is 9.90 Å². The van der Waals surface area contributed by atoms with Gasteiger partial charge in [-0.15, -0.1) is 0 Å². The van der Waals surface area contributed by atoms with Gasteiger partial charge in [-0.3, -0.25) is 4.79 Å². The second-order valence-corrected chi connectivity index (χ2v) is 6.39. The Morgan fingerprint density at radius 2 is 1.73 bits per heavy atom. The number of aryl methyl sites for hydroxylation is 2. The Balaban J connectivity index is 1.87.